The summed E-state index contributed by atoms with van der Waals surface area (Å²) in [5.41, 5.74) is 0.640. The molecule has 1 saturated carbocycles. The van der Waals surface area contributed by atoms with Crippen LogP contribution >= 0.6 is 34.8 Å². The maximum Gasteiger partial charge on any atom is 0.244 e. The fourth-order valence-corrected chi connectivity index (χ4v) is 6.04. The van der Waals surface area contributed by atoms with Crippen molar-refractivity contribution in [2.24, 2.45) is 0 Å². The Balaban J connectivity index is 1.93. The Morgan fingerprint density at radius 3 is 2.24 bits per heavy atom. The van der Waals surface area contributed by atoms with E-state index in [1.54, 1.807) is 25.1 Å². The van der Waals surface area contributed by atoms with Crippen molar-refractivity contribution < 1.29 is 22.7 Å². The zero-order chi connectivity index (χ0) is 28.0. The number of carbonyl (C=O) groups excluding carboxylic acids is 2. The highest BCUT2D eigenvalue weighted by molar-refractivity contribution is 7.92. The van der Waals surface area contributed by atoms with E-state index in [1.165, 1.54) is 30.2 Å². The predicted molar refractivity (Wildman–Crippen MR) is 152 cm³/mol. The van der Waals surface area contributed by atoms with Crippen LogP contribution in [0.15, 0.2) is 36.4 Å². The lowest BCUT2D eigenvalue weighted by molar-refractivity contribution is -0.139. The lowest BCUT2D eigenvalue weighted by Crippen LogP contribution is -2.53. The maximum absolute atomic E-state index is 13.7. The molecule has 12 heteroatoms. The number of nitrogens with one attached hydrogen (secondary N) is 1. The molecule has 0 bridgehead atoms. The van der Waals surface area contributed by atoms with E-state index < -0.39 is 28.5 Å². The van der Waals surface area contributed by atoms with Crippen LogP contribution in [0.25, 0.3) is 0 Å². The van der Waals surface area contributed by atoms with Crippen LogP contribution in [0.1, 0.15) is 44.6 Å². The summed E-state index contributed by atoms with van der Waals surface area (Å²) in [6.07, 6.45) is 5.95. The Kier molecular flexibility index (Phi) is 10.6. The summed E-state index contributed by atoms with van der Waals surface area (Å²) >= 11 is 19.0. The average molecular weight is 605 g/mol. The van der Waals surface area contributed by atoms with Gasteiger partial charge in [0.1, 0.15) is 18.3 Å². The van der Waals surface area contributed by atoms with Crippen molar-refractivity contribution in [2.45, 2.75) is 57.7 Å². The molecule has 0 radical (unpaired) electrons. The first-order chi connectivity index (χ1) is 17.9. The molecule has 0 unspecified atom stereocenters. The topological polar surface area (TPSA) is 96.0 Å². The molecular weight excluding hydrogens is 573 g/mol. The first kappa shape index (κ1) is 30.3. The Labute approximate surface area is 239 Å². The lowest BCUT2D eigenvalue weighted by atomic mass is 9.95. The standard InChI is InChI=1S/C26H32Cl3N3O5S/c1-17(26(34)30-18-8-5-4-6-9-18)31(15-20-21(27)10-7-11-22(20)28)25(33)16-32(38(3,35)36)19-12-13-24(37-2)23(29)14-19/h7,10-14,17-18H,4-6,8-9,15-16H2,1-3H3,(H,30,34)/t17-/m0/s1. The number of carbonyl (C=O) groups is 2. The van der Waals surface area contributed by atoms with E-state index in [2.05, 4.69) is 5.32 Å². The molecule has 3 rings (SSSR count). The van der Waals surface area contributed by atoms with Crippen molar-refractivity contribution in [1.29, 1.82) is 0 Å². The van der Waals surface area contributed by atoms with Gasteiger partial charge in [-0.1, -0.05) is 60.1 Å². The van der Waals surface area contributed by atoms with E-state index in [1.807, 2.05) is 0 Å². The van der Waals surface area contributed by atoms with Gasteiger partial charge in [0, 0.05) is 28.2 Å². The van der Waals surface area contributed by atoms with E-state index in [9.17, 15) is 18.0 Å². The summed E-state index contributed by atoms with van der Waals surface area (Å²) in [7, 11) is -2.47. The number of hydrogen-bond acceptors (Lipinski definition) is 5. The van der Waals surface area contributed by atoms with E-state index in [0.717, 1.165) is 42.7 Å². The van der Waals surface area contributed by atoms with Crippen LogP contribution in [0.3, 0.4) is 0 Å². The number of methoxy groups -OCH3 is 1. The molecule has 2 aromatic carbocycles. The molecule has 1 atom stereocenters. The van der Waals surface area contributed by atoms with Gasteiger partial charge in [-0.25, -0.2) is 8.42 Å². The largest absolute Gasteiger partial charge is 0.495 e. The molecule has 1 fully saturated rings. The monoisotopic (exact) mass is 603 g/mol. The zero-order valence-electron chi connectivity index (χ0n) is 21.5. The van der Waals surface area contributed by atoms with Crippen LogP contribution in [-0.4, -0.2) is 57.1 Å². The zero-order valence-corrected chi connectivity index (χ0v) is 24.6. The van der Waals surface area contributed by atoms with E-state index in [4.69, 9.17) is 39.5 Å². The van der Waals surface area contributed by atoms with E-state index in [-0.39, 0.29) is 29.2 Å². The molecule has 0 saturated heterocycles. The Morgan fingerprint density at radius 2 is 1.68 bits per heavy atom. The fourth-order valence-electron chi connectivity index (χ4n) is 4.43. The normalized spacial score (nSPS) is 15.0. The Bertz CT molecular complexity index is 1250. The summed E-state index contributed by atoms with van der Waals surface area (Å²) in [6, 6.07) is 8.49. The summed E-state index contributed by atoms with van der Waals surface area (Å²) in [4.78, 5) is 28.3. The van der Waals surface area contributed by atoms with E-state index in [0.29, 0.717) is 21.4 Å². The highest BCUT2D eigenvalue weighted by Crippen LogP contribution is 2.31. The van der Waals surface area contributed by atoms with Crippen molar-refractivity contribution in [2.75, 3.05) is 24.2 Å². The molecule has 8 nitrogen and oxygen atoms in total. The van der Waals surface area contributed by atoms with Crippen molar-refractivity contribution in [3.05, 3.63) is 57.0 Å². The van der Waals surface area contributed by atoms with Crippen LogP contribution in [-0.2, 0) is 26.2 Å². The first-order valence-electron chi connectivity index (χ1n) is 12.3. The maximum atomic E-state index is 13.7. The summed E-state index contributed by atoms with van der Waals surface area (Å²) < 4.78 is 31.6. The molecule has 0 spiro atoms. The molecule has 0 aromatic heterocycles. The fraction of sp³-hybridized carbons (Fsp3) is 0.462. The Hall–Kier alpha value is -2.20. The number of hydrogen-bond donors (Lipinski definition) is 1. The lowest BCUT2D eigenvalue weighted by Gasteiger charge is -2.33. The van der Waals surface area contributed by atoms with Gasteiger partial charge in [-0.05, 0) is 50.1 Å². The van der Waals surface area contributed by atoms with Gasteiger partial charge in [-0.15, -0.1) is 0 Å². The van der Waals surface area contributed by atoms with Crippen LogP contribution in [0.5, 0.6) is 5.75 Å². The van der Waals surface area contributed by atoms with Gasteiger partial charge in [0.05, 0.1) is 24.1 Å². The molecule has 1 N–H and O–H groups in total. The Morgan fingerprint density at radius 1 is 1.05 bits per heavy atom. The minimum atomic E-state index is -3.91. The van der Waals surface area contributed by atoms with Gasteiger partial charge < -0.3 is 15.0 Å². The van der Waals surface area contributed by atoms with Crippen molar-refractivity contribution in [3.63, 3.8) is 0 Å². The third-order valence-corrected chi connectivity index (χ3v) is 8.76. The van der Waals surface area contributed by atoms with Gasteiger partial charge >= 0.3 is 0 Å². The molecule has 2 amide bonds. The number of halogens is 3. The summed E-state index contributed by atoms with van der Waals surface area (Å²) in [5, 5.41) is 3.89. The van der Waals surface area contributed by atoms with Crippen LogP contribution in [0, 0.1) is 0 Å². The SMILES string of the molecule is COc1ccc(N(CC(=O)N(Cc2c(Cl)cccc2Cl)[C@@H](C)C(=O)NC2CCCCC2)S(C)(=O)=O)cc1Cl. The van der Waals surface area contributed by atoms with Gasteiger partial charge in [0.15, 0.2) is 0 Å². The molecule has 208 valence electrons. The second-order valence-corrected chi connectivity index (χ2v) is 12.5. The minimum absolute atomic E-state index is 0.0357. The first-order valence-corrected chi connectivity index (χ1v) is 15.2. The van der Waals surface area contributed by atoms with E-state index >= 15 is 0 Å². The molecule has 0 aliphatic heterocycles. The van der Waals surface area contributed by atoms with Gasteiger partial charge in [-0.3, -0.25) is 13.9 Å². The predicted octanol–water partition coefficient (Wildman–Crippen LogP) is 5.29. The number of benzene rings is 2. The van der Waals surface area contributed by atoms with Crippen LogP contribution < -0.4 is 14.4 Å². The molecule has 1 aliphatic rings. The molecule has 38 heavy (non-hydrogen) atoms. The van der Waals surface area contributed by atoms with Crippen molar-refractivity contribution in [3.8, 4) is 5.75 Å². The smallest absolute Gasteiger partial charge is 0.244 e. The second kappa shape index (κ2) is 13.2. The van der Waals surface area contributed by atoms with Gasteiger partial charge in [-0.2, -0.15) is 0 Å². The van der Waals surface area contributed by atoms with Crippen LogP contribution in [0.4, 0.5) is 5.69 Å². The average Bonchev–Trinajstić information content (AvgIpc) is 2.86. The number of amides is 2. The number of nitrogens with zero attached hydrogens (tertiary/aromatic N) is 2. The number of anilines is 1. The van der Waals surface area contributed by atoms with Crippen molar-refractivity contribution >= 4 is 62.3 Å². The van der Waals surface area contributed by atoms with Gasteiger partial charge in [0.2, 0.25) is 21.8 Å². The third kappa shape index (κ3) is 7.68. The molecule has 0 heterocycles. The minimum Gasteiger partial charge on any atom is -0.495 e. The van der Waals surface area contributed by atoms with Gasteiger partial charge in [0.25, 0.3) is 0 Å². The van der Waals surface area contributed by atoms with Crippen molar-refractivity contribution in [1.82, 2.24) is 10.2 Å². The highest BCUT2D eigenvalue weighted by Gasteiger charge is 2.32. The molecule has 1 aliphatic carbocycles. The van der Waals surface area contributed by atoms with Crippen LogP contribution in [0.2, 0.25) is 15.1 Å². The second-order valence-electron chi connectivity index (χ2n) is 9.33. The quantitative estimate of drug-likeness (QED) is 0.398. The highest BCUT2D eigenvalue weighted by atomic mass is 35.5. The number of ether oxygens (including phenoxy) is 1. The summed E-state index contributed by atoms with van der Waals surface area (Å²) in [6.45, 7) is 0.956. The molecule has 2 aromatic rings. The third-order valence-electron chi connectivity index (χ3n) is 6.61. The summed E-state index contributed by atoms with van der Waals surface area (Å²) in [5.74, 6) is -0.574. The number of rotatable bonds is 10. The number of sulfonamides is 1. The molecular formula is C26H32Cl3N3O5S.